The summed E-state index contributed by atoms with van der Waals surface area (Å²) in [6.45, 7) is 2.55. The molecular weight excluding hydrogens is 165 g/mol. The molecule has 0 aromatic carbocycles. The number of hydrogen-bond acceptors (Lipinski definition) is 4. The Balaban J connectivity index is 2.99. The molecule has 0 fully saturated rings. The van der Waals surface area contributed by atoms with Crippen molar-refractivity contribution in [3.05, 3.63) is 6.20 Å². The molecule has 62 valence electrons. The van der Waals surface area contributed by atoms with Crippen molar-refractivity contribution in [1.82, 2.24) is 15.0 Å². The van der Waals surface area contributed by atoms with Gasteiger partial charge in [-0.15, -0.1) is 5.10 Å². The molecule has 0 atom stereocenters. The van der Waals surface area contributed by atoms with Gasteiger partial charge < -0.3 is 9.79 Å². The smallest absolute Gasteiger partial charge is 0.164 e. The third-order valence-corrected chi connectivity index (χ3v) is 2.16. The molecular formula is C5H10N3O2P. The van der Waals surface area contributed by atoms with Gasteiger partial charge in [-0.3, -0.25) is 4.68 Å². The lowest BCUT2D eigenvalue weighted by atomic mass is 10.7. The molecule has 0 aliphatic carbocycles. The van der Waals surface area contributed by atoms with Crippen molar-refractivity contribution in [2.45, 2.75) is 13.5 Å². The van der Waals surface area contributed by atoms with Crippen molar-refractivity contribution >= 4 is 19.1 Å². The minimum Gasteiger partial charge on any atom is -0.349 e. The Bertz CT molecular complexity index is 290. The first-order chi connectivity index (χ1) is 5.04. The number of aryl methyl sites for hydroxylation is 1. The number of hydrogen-bond donors (Lipinski definition) is 2. The molecule has 1 aromatic rings. The SMILES string of the molecule is C=P(O)(O)c1cn(CC)nn1. The molecule has 0 aliphatic rings. The summed E-state index contributed by atoms with van der Waals surface area (Å²) in [4.78, 5) is 18.1. The van der Waals surface area contributed by atoms with Crippen LogP contribution < -0.4 is 5.44 Å². The Labute approximate surface area is 64.4 Å². The average Bonchev–Trinajstić information content (AvgIpc) is 2.32. The first-order valence-corrected chi connectivity index (χ1v) is 5.01. The molecule has 0 aliphatic heterocycles. The lowest BCUT2D eigenvalue weighted by Gasteiger charge is -2.02. The van der Waals surface area contributed by atoms with Gasteiger partial charge >= 0.3 is 0 Å². The van der Waals surface area contributed by atoms with Crippen LogP contribution in [-0.2, 0) is 6.54 Å². The molecule has 11 heavy (non-hydrogen) atoms. The minimum absolute atomic E-state index is 0.166. The van der Waals surface area contributed by atoms with Gasteiger partial charge in [-0.1, -0.05) is 5.21 Å². The maximum absolute atomic E-state index is 9.04. The maximum Gasteiger partial charge on any atom is 0.164 e. The monoisotopic (exact) mass is 175 g/mol. The van der Waals surface area contributed by atoms with Gasteiger partial charge in [0.25, 0.3) is 0 Å². The van der Waals surface area contributed by atoms with Gasteiger partial charge in [-0.05, 0) is 13.2 Å². The second-order valence-electron chi connectivity index (χ2n) is 2.16. The molecule has 1 aromatic heterocycles. The highest BCUT2D eigenvalue weighted by Gasteiger charge is 2.12. The molecule has 0 saturated heterocycles. The molecule has 0 saturated carbocycles. The van der Waals surface area contributed by atoms with Gasteiger partial charge in [0.05, 0.1) is 6.20 Å². The van der Waals surface area contributed by atoms with E-state index in [0.717, 1.165) is 0 Å². The van der Waals surface area contributed by atoms with Gasteiger partial charge in [-0.2, -0.15) is 0 Å². The zero-order chi connectivity index (χ0) is 8.48. The van der Waals surface area contributed by atoms with Crippen LogP contribution in [0.25, 0.3) is 0 Å². The highest BCUT2D eigenvalue weighted by atomic mass is 31.2. The van der Waals surface area contributed by atoms with Crippen LogP contribution in [-0.4, -0.2) is 31.1 Å². The number of rotatable bonds is 2. The molecule has 0 amide bonds. The summed E-state index contributed by atoms with van der Waals surface area (Å²) in [5.74, 6) is 0. The van der Waals surface area contributed by atoms with Crippen molar-refractivity contribution in [2.24, 2.45) is 0 Å². The second-order valence-corrected chi connectivity index (χ2v) is 4.08. The van der Waals surface area contributed by atoms with E-state index in [0.29, 0.717) is 6.54 Å². The lowest BCUT2D eigenvalue weighted by molar-refractivity contribution is 0.490. The molecule has 1 rings (SSSR count). The second kappa shape index (κ2) is 2.77. The van der Waals surface area contributed by atoms with Crippen molar-refractivity contribution < 1.29 is 9.79 Å². The van der Waals surface area contributed by atoms with Gasteiger partial charge in [0, 0.05) is 6.54 Å². The van der Waals surface area contributed by atoms with Gasteiger partial charge in [0.1, 0.15) is 0 Å². The summed E-state index contributed by atoms with van der Waals surface area (Å²) < 4.78 is 1.52. The van der Waals surface area contributed by atoms with Crippen molar-refractivity contribution in [3.8, 4) is 0 Å². The Morgan fingerprint density at radius 1 is 1.73 bits per heavy atom. The molecule has 0 spiro atoms. The van der Waals surface area contributed by atoms with Gasteiger partial charge in [-0.25, -0.2) is 0 Å². The van der Waals surface area contributed by atoms with Crippen LogP contribution in [0, 0.1) is 0 Å². The highest BCUT2D eigenvalue weighted by Crippen LogP contribution is 2.30. The van der Waals surface area contributed by atoms with Crippen molar-refractivity contribution in [3.63, 3.8) is 0 Å². The van der Waals surface area contributed by atoms with E-state index in [1.807, 2.05) is 6.92 Å². The van der Waals surface area contributed by atoms with Gasteiger partial charge in [0.15, 0.2) is 12.8 Å². The van der Waals surface area contributed by atoms with E-state index in [2.05, 4.69) is 16.6 Å². The summed E-state index contributed by atoms with van der Waals surface area (Å²) in [7, 11) is -3.20. The van der Waals surface area contributed by atoms with Crippen LogP contribution in [0.2, 0.25) is 0 Å². The van der Waals surface area contributed by atoms with Crippen LogP contribution >= 0.6 is 7.34 Å². The fourth-order valence-electron chi connectivity index (χ4n) is 0.607. The molecule has 0 bridgehead atoms. The Morgan fingerprint density at radius 3 is 2.64 bits per heavy atom. The summed E-state index contributed by atoms with van der Waals surface area (Å²) in [6, 6.07) is 0. The molecule has 6 heteroatoms. The Kier molecular flexibility index (Phi) is 2.13. The molecule has 0 radical (unpaired) electrons. The van der Waals surface area contributed by atoms with E-state index in [1.165, 1.54) is 10.9 Å². The molecule has 2 N–H and O–H groups in total. The first-order valence-electron chi connectivity index (χ1n) is 3.13. The summed E-state index contributed by atoms with van der Waals surface area (Å²) >= 11 is 0. The average molecular weight is 175 g/mol. The molecule has 0 unspecified atom stereocenters. The zero-order valence-electron chi connectivity index (χ0n) is 6.17. The third-order valence-electron chi connectivity index (χ3n) is 1.22. The first kappa shape index (κ1) is 8.46. The summed E-state index contributed by atoms with van der Waals surface area (Å²) in [6.07, 6.45) is 4.68. The predicted molar refractivity (Wildman–Crippen MR) is 43.8 cm³/mol. The van der Waals surface area contributed by atoms with E-state index in [1.54, 1.807) is 0 Å². The quantitative estimate of drug-likeness (QED) is 0.576. The van der Waals surface area contributed by atoms with Crippen LogP contribution in [0.1, 0.15) is 6.92 Å². The number of aromatic nitrogens is 3. The van der Waals surface area contributed by atoms with E-state index < -0.39 is 7.34 Å². The van der Waals surface area contributed by atoms with Crippen LogP contribution in [0.5, 0.6) is 0 Å². The minimum atomic E-state index is -3.20. The van der Waals surface area contributed by atoms with Gasteiger partial charge in [0.2, 0.25) is 0 Å². The maximum atomic E-state index is 9.04. The molecule has 1 heterocycles. The normalized spacial score (nSPS) is 11.9. The predicted octanol–water partition coefficient (Wildman–Crippen LogP) is -0.813. The standard InChI is InChI=1S/C5H10N3O2P/c1-3-8-4-5(6-7-8)11(2,9)10/h4,9-10H,2-3H2,1H3. The van der Waals surface area contributed by atoms with Crippen LogP contribution in [0.15, 0.2) is 6.20 Å². The van der Waals surface area contributed by atoms with Crippen LogP contribution in [0.4, 0.5) is 0 Å². The van der Waals surface area contributed by atoms with Crippen molar-refractivity contribution in [2.75, 3.05) is 0 Å². The Hall–Kier alpha value is -0.640. The van der Waals surface area contributed by atoms with E-state index in [4.69, 9.17) is 9.79 Å². The van der Waals surface area contributed by atoms with E-state index in [-0.39, 0.29) is 5.44 Å². The molecule has 5 nitrogen and oxygen atoms in total. The number of nitrogens with zero attached hydrogens (tertiary/aromatic N) is 3. The lowest BCUT2D eigenvalue weighted by Crippen LogP contribution is -2.04. The largest absolute Gasteiger partial charge is 0.349 e. The van der Waals surface area contributed by atoms with Crippen molar-refractivity contribution in [1.29, 1.82) is 0 Å². The van der Waals surface area contributed by atoms with Crippen LogP contribution in [0.3, 0.4) is 0 Å². The fourth-order valence-corrected chi connectivity index (χ4v) is 1.11. The topological polar surface area (TPSA) is 71.2 Å². The Morgan fingerprint density at radius 2 is 2.36 bits per heavy atom. The summed E-state index contributed by atoms with van der Waals surface area (Å²) in [5.41, 5.74) is 0.166. The summed E-state index contributed by atoms with van der Waals surface area (Å²) in [5, 5.41) is 7.19. The fraction of sp³-hybridized carbons (Fsp3) is 0.400. The van der Waals surface area contributed by atoms with E-state index >= 15 is 0 Å². The van der Waals surface area contributed by atoms with E-state index in [9.17, 15) is 0 Å². The third kappa shape index (κ3) is 1.89. The zero-order valence-corrected chi connectivity index (χ0v) is 7.07. The highest BCUT2D eigenvalue weighted by molar-refractivity contribution is 7.69.